The number of pyridine rings is 1. The minimum Gasteiger partial charge on any atom is -0.355 e. The molecule has 25 heavy (non-hydrogen) atoms. The standard InChI is InChI=1S/C17H19N5O3/c23-16(14-9-15(25-20-14)12-3-1-5-18-10-12)21-7-2-4-13(11-21)22-8-6-19-17(22)24/h1,3,5,9-10,13H,2,4,6-8,11H2,(H,19,24). The van der Waals surface area contributed by atoms with Gasteiger partial charge in [0.25, 0.3) is 5.91 Å². The number of nitrogens with zero attached hydrogens (tertiary/aromatic N) is 4. The van der Waals surface area contributed by atoms with Gasteiger partial charge in [-0.15, -0.1) is 0 Å². The molecule has 2 fully saturated rings. The van der Waals surface area contributed by atoms with Crippen molar-refractivity contribution in [2.75, 3.05) is 26.2 Å². The molecule has 0 spiro atoms. The molecule has 0 saturated carbocycles. The molecule has 2 aromatic rings. The molecule has 2 saturated heterocycles. The monoisotopic (exact) mass is 341 g/mol. The van der Waals surface area contributed by atoms with Crippen LogP contribution in [0.5, 0.6) is 0 Å². The van der Waals surface area contributed by atoms with Gasteiger partial charge in [-0.25, -0.2) is 4.79 Å². The number of carbonyl (C=O) groups is 2. The Morgan fingerprint density at radius 1 is 1.36 bits per heavy atom. The van der Waals surface area contributed by atoms with Gasteiger partial charge in [-0.2, -0.15) is 0 Å². The molecule has 8 heteroatoms. The molecule has 1 N–H and O–H groups in total. The second kappa shape index (κ2) is 6.54. The number of amides is 3. The number of piperidine rings is 1. The van der Waals surface area contributed by atoms with Crippen LogP contribution in [0, 0.1) is 0 Å². The van der Waals surface area contributed by atoms with E-state index in [1.165, 1.54) is 0 Å². The van der Waals surface area contributed by atoms with Crippen LogP contribution >= 0.6 is 0 Å². The molecule has 0 bridgehead atoms. The number of hydrogen-bond donors (Lipinski definition) is 1. The first-order chi connectivity index (χ1) is 12.2. The third kappa shape index (κ3) is 3.07. The van der Waals surface area contributed by atoms with Crippen molar-refractivity contribution in [1.29, 1.82) is 0 Å². The first-order valence-electron chi connectivity index (χ1n) is 8.43. The van der Waals surface area contributed by atoms with Crippen LogP contribution in [0.3, 0.4) is 0 Å². The van der Waals surface area contributed by atoms with Crippen LogP contribution in [0.4, 0.5) is 4.79 Å². The van der Waals surface area contributed by atoms with E-state index < -0.39 is 0 Å². The quantitative estimate of drug-likeness (QED) is 0.910. The minimum absolute atomic E-state index is 0.0420. The van der Waals surface area contributed by atoms with E-state index in [9.17, 15) is 9.59 Å². The lowest BCUT2D eigenvalue weighted by atomic mass is 10.0. The van der Waals surface area contributed by atoms with Gasteiger partial charge in [0, 0.05) is 50.2 Å². The topological polar surface area (TPSA) is 91.6 Å². The summed E-state index contributed by atoms with van der Waals surface area (Å²) in [6, 6.07) is 5.32. The molecule has 1 unspecified atom stereocenters. The first-order valence-corrected chi connectivity index (χ1v) is 8.43. The maximum Gasteiger partial charge on any atom is 0.317 e. The zero-order valence-electron chi connectivity index (χ0n) is 13.7. The normalized spacial score (nSPS) is 20.6. The highest BCUT2D eigenvalue weighted by molar-refractivity contribution is 5.93. The summed E-state index contributed by atoms with van der Waals surface area (Å²) in [6.07, 6.45) is 5.12. The summed E-state index contributed by atoms with van der Waals surface area (Å²) in [4.78, 5) is 32.2. The van der Waals surface area contributed by atoms with Crippen LogP contribution < -0.4 is 5.32 Å². The molecule has 4 rings (SSSR count). The average molecular weight is 341 g/mol. The maximum atomic E-state index is 12.8. The predicted octanol–water partition coefficient (Wildman–Crippen LogP) is 1.37. The number of rotatable bonds is 3. The molecule has 0 radical (unpaired) electrons. The van der Waals surface area contributed by atoms with Crippen molar-refractivity contribution in [3.05, 3.63) is 36.3 Å². The van der Waals surface area contributed by atoms with E-state index in [-0.39, 0.29) is 23.7 Å². The Morgan fingerprint density at radius 3 is 3.04 bits per heavy atom. The summed E-state index contributed by atoms with van der Waals surface area (Å²) < 4.78 is 5.29. The SMILES string of the molecule is O=C(c1cc(-c2cccnc2)on1)N1CCCC(N2CCNC2=O)C1. The summed E-state index contributed by atoms with van der Waals surface area (Å²) in [7, 11) is 0. The third-order valence-electron chi connectivity index (χ3n) is 4.69. The molecule has 1 atom stereocenters. The van der Waals surface area contributed by atoms with Gasteiger partial charge in [0.1, 0.15) is 0 Å². The molecule has 2 aromatic heterocycles. The molecule has 0 aliphatic carbocycles. The Hall–Kier alpha value is -2.90. The van der Waals surface area contributed by atoms with E-state index in [1.807, 2.05) is 11.0 Å². The highest BCUT2D eigenvalue weighted by Gasteiger charge is 2.33. The summed E-state index contributed by atoms with van der Waals surface area (Å²) in [5.41, 5.74) is 1.06. The predicted molar refractivity (Wildman–Crippen MR) is 88.8 cm³/mol. The van der Waals surface area contributed by atoms with E-state index in [0.29, 0.717) is 31.9 Å². The van der Waals surface area contributed by atoms with Gasteiger partial charge in [0.05, 0.1) is 6.04 Å². The Morgan fingerprint density at radius 2 is 2.28 bits per heavy atom. The zero-order valence-corrected chi connectivity index (χ0v) is 13.7. The van der Waals surface area contributed by atoms with Gasteiger partial charge in [-0.05, 0) is 25.0 Å². The van der Waals surface area contributed by atoms with Gasteiger partial charge in [0.2, 0.25) is 0 Å². The molecule has 2 aliphatic rings. The number of aromatic nitrogens is 2. The van der Waals surface area contributed by atoms with Crippen LogP contribution in [0.15, 0.2) is 35.1 Å². The van der Waals surface area contributed by atoms with E-state index in [1.54, 1.807) is 29.4 Å². The molecule has 130 valence electrons. The van der Waals surface area contributed by atoms with Gasteiger partial charge in [-0.3, -0.25) is 9.78 Å². The van der Waals surface area contributed by atoms with Crippen molar-refractivity contribution < 1.29 is 14.1 Å². The van der Waals surface area contributed by atoms with E-state index in [0.717, 1.165) is 18.4 Å². The first kappa shape index (κ1) is 15.6. The number of nitrogens with one attached hydrogen (secondary N) is 1. The second-order valence-electron chi connectivity index (χ2n) is 6.29. The summed E-state index contributed by atoms with van der Waals surface area (Å²) >= 11 is 0. The highest BCUT2D eigenvalue weighted by Crippen LogP contribution is 2.22. The molecule has 4 heterocycles. The van der Waals surface area contributed by atoms with E-state index in [4.69, 9.17) is 4.52 Å². The summed E-state index contributed by atoms with van der Waals surface area (Å²) in [6.45, 7) is 2.56. The lowest BCUT2D eigenvalue weighted by molar-refractivity contribution is 0.0624. The molecule has 2 aliphatic heterocycles. The van der Waals surface area contributed by atoms with Gasteiger partial charge >= 0.3 is 6.03 Å². The third-order valence-corrected chi connectivity index (χ3v) is 4.69. The zero-order chi connectivity index (χ0) is 17.2. The van der Waals surface area contributed by atoms with Crippen molar-refractivity contribution in [2.45, 2.75) is 18.9 Å². The fraction of sp³-hybridized carbons (Fsp3) is 0.412. The van der Waals surface area contributed by atoms with Gasteiger partial charge in [0.15, 0.2) is 11.5 Å². The van der Waals surface area contributed by atoms with Crippen molar-refractivity contribution in [3.63, 3.8) is 0 Å². The van der Waals surface area contributed by atoms with Crippen LogP contribution in [-0.2, 0) is 0 Å². The van der Waals surface area contributed by atoms with Crippen molar-refractivity contribution in [2.24, 2.45) is 0 Å². The molecule has 8 nitrogen and oxygen atoms in total. The van der Waals surface area contributed by atoms with Crippen molar-refractivity contribution in [3.8, 4) is 11.3 Å². The Kier molecular flexibility index (Phi) is 4.09. The molecular formula is C17H19N5O3. The average Bonchev–Trinajstić information content (AvgIpc) is 3.31. The Balaban J connectivity index is 1.47. The number of urea groups is 1. The van der Waals surface area contributed by atoms with Crippen molar-refractivity contribution in [1.82, 2.24) is 25.3 Å². The van der Waals surface area contributed by atoms with Crippen molar-refractivity contribution >= 4 is 11.9 Å². The van der Waals surface area contributed by atoms with E-state index >= 15 is 0 Å². The number of hydrogen-bond acceptors (Lipinski definition) is 5. The molecule has 0 aromatic carbocycles. The number of likely N-dealkylation sites (tertiary alicyclic amines) is 1. The van der Waals surface area contributed by atoms with Gasteiger partial charge in [-0.1, -0.05) is 5.16 Å². The second-order valence-corrected chi connectivity index (χ2v) is 6.29. The van der Waals surface area contributed by atoms with Crippen LogP contribution in [0.25, 0.3) is 11.3 Å². The lowest BCUT2D eigenvalue weighted by Crippen LogP contribution is -2.50. The minimum atomic E-state index is -0.164. The molecular weight excluding hydrogens is 322 g/mol. The van der Waals surface area contributed by atoms with Crippen LogP contribution in [0.2, 0.25) is 0 Å². The fourth-order valence-corrected chi connectivity index (χ4v) is 3.41. The smallest absolute Gasteiger partial charge is 0.317 e. The largest absolute Gasteiger partial charge is 0.355 e. The Bertz CT molecular complexity index is 776. The summed E-state index contributed by atoms with van der Waals surface area (Å²) in [5, 5.41) is 6.73. The maximum absolute atomic E-state index is 12.8. The molecule has 3 amide bonds. The van der Waals surface area contributed by atoms with Crippen LogP contribution in [0.1, 0.15) is 23.3 Å². The summed E-state index contributed by atoms with van der Waals surface area (Å²) in [5.74, 6) is 0.354. The van der Waals surface area contributed by atoms with Gasteiger partial charge < -0.3 is 19.6 Å². The fourth-order valence-electron chi connectivity index (χ4n) is 3.41. The Labute approximate surface area is 144 Å². The van der Waals surface area contributed by atoms with E-state index in [2.05, 4.69) is 15.5 Å². The van der Waals surface area contributed by atoms with Crippen LogP contribution in [-0.4, -0.2) is 64.1 Å². The lowest BCUT2D eigenvalue weighted by Gasteiger charge is -2.36. The number of carbonyl (C=O) groups excluding carboxylic acids is 2. The highest BCUT2D eigenvalue weighted by atomic mass is 16.5.